The summed E-state index contributed by atoms with van der Waals surface area (Å²) >= 11 is 0. The second-order valence-electron chi connectivity index (χ2n) is 4.35. The van der Waals surface area contributed by atoms with Gasteiger partial charge in [0.1, 0.15) is 0 Å². The van der Waals surface area contributed by atoms with E-state index >= 15 is 0 Å². The van der Waals surface area contributed by atoms with Crippen LogP contribution in [0.1, 0.15) is 23.9 Å². The molecular formula is C12H24N4. The van der Waals surface area contributed by atoms with Crippen molar-refractivity contribution in [3.8, 4) is 0 Å². The summed E-state index contributed by atoms with van der Waals surface area (Å²) in [5, 5.41) is 7.87. The molecule has 1 heterocycles. The second-order valence-corrected chi connectivity index (χ2v) is 4.35. The van der Waals surface area contributed by atoms with E-state index in [1.807, 2.05) is 11.7 Å². The molecule has 0 aliphatic heterocycles. The molecule has 0 atom stereocenters. The number of hydrogen-bond donors (Lipinski definition) is 1. The first-order valence-corrected chi connectivity index (χ1v) is 5.94. The van der Waals surface area contributed by atoms with Gasteiger partial charge in [0.2, 0.25) is 0 Å². The van der Waals surface area contributed by atoms with E-state index in [4.69, 9.17) is 0 Å². The van der Waals surface area contributed by atoms with E-state index in [9.17, 15) is 0 Å². The zero-order valence-electron chi connectivity index (χ0n) is 11.2. The normalized spacial score (nSPS) is 11.4. The Hall–Kier alpha value is -0.870. The molecule has 1 aromatic heterocycles. The van der Waals surface area contributed by atoms with Crippen LogP contribution < -0.4 is 5.32 Å². The summed E-state index contributed by atoms with van der Waals surface area (Å²) in [5.74, 6) is 0. The highest BCUT2D eigenvalue weighted by atomic mass is 15.3. The molecule has 0 aromatic carbocycles. The molecule has 16 heavy (non-hydrogen) atoms. The number of likely N-dealkylation sites (N-methyl/N-ethyl adjacent to an activating group) is 1. The van der Waals surface area contributed by atoms with Crippen LogP contribution in [0.3, 0.4) is 0 Å². The first-order valence-electron chi connectivity index (χ1n) is 5.94. The lowest BCUT2D eigenvalue weighted by molar-refractivity contribution is 0.349. The van der Waals surface area contributed by atoms with E-state index in [1.165, 1.54) is 11.3 Å². The van der Waals surface area contributed by atoms with Crippen LogP contribution in [-0.4, -0.2) is 41.4 Å². The fourth-order valence-electron chi connectivity index (χ4n) is 1.71. The van der Waals surface area contributed by atoms with Crippen LogP contribution in [0.4, 0.5) is 0 Å². The van der Waals surface area contributed by atoms with Gasteiger partial charge in [0.05, 0.1) is 5.69 Å². The minimum absolute atomic E-state index is 0.920. The van der Waals surface area contributed by atoms with Crippen molar-refractivity contribution in [2.75, 3.05) is 26.7 Å². The number of rotatable bonds is 6. The summed E-state index contributed by atoms with van der Waals surface area (Å²) in [6.07, 6.45) is 0. The predicted octanol–water partition coefficient (Wildman–Crippen LogP) is 1.08. The fourth-order valence-corrected chi connectivity index (χ4v) is 1.71. The molecule has 4 heteroatoms. The number of nitrogens with one attached hydrogen (secondary N) is 1. The number of hydrogen-bond acceptors (Lipinski definition) is 3. The Labute approximate surface area is 98.6 Å². The highest BCUT2D eigenvalue weighted by molar-refractivity contribution is 5.23. The minimum Gasteiger partial charge on any atom is -0.311 e. The SMILES string of the molecule is CCN(C)CCNCc1c(C)nn(C)c1C. The third-order valence-corrected chi connectivity index (χ3v) is 3.17. The maximum absolute atomic E-state index is 4.41. The lowest BCUT2D eigenvalue weighted by Crippen LogP contribution is -2.29. The van der Waals surface area contributed by atoms with Crippen molar-refractivity contribution in [2.24, 2.45) is 7.05 Å². The minimum atomic E-state index is 0.920. The summed E-state index contributed by atoms with van der Waals surface area (Å²) in [7, 11) is 4.14. The Balaban J connectivity index is 2.37. The van der Waals surface area contributed by atoms with Gasteiger partial charge < -0.3 is 10.2 Å². The number of aromatic nitrogens is 2. The van der Waals surface area contributed by atoms with Crippen molar-refractivity contribution in [1.29, 1.82) is 0 Å². The van der Waals surface area contributed by atoms with Gasteiger partial charge in [-0.2, -0.15) is 5.10 Å². The lowest BCUT2D eigenvalue weighted by atomic mass is 10.2. The molecule has 0 amide bonds. The molecule has 0 spiro atoms. The summed E-state index contributed by atoms with van der Waals surface area (Å²) in [4.78, 5) is 2.30. The second kappa shape index (κ2) is 6.01. The van der Waals surface area contributed by atoms with Gasteiger partial charge in [0.15, 0.2) is 0 Å². The van der Waals surface area contributed by atoms with Crippen molar-refractivity contribution in [3.05, 3.63) is 17.0 Å². The fraction of sp³-hybridized carbons (Fsp3) is 0.750. The van der Waals surface area contributed by atoms with Gasteiger partial charge in [-0.3, -0.25) is 4.68 Å². The van der Waals surface area contributed by atoms with Crippen molar-refractivity contribution in [2.45, 2.75) is 27.3 Å². The zero-order valence-corrected chi connectivity index (χ0v) is 11.2. The molecule has 0 unspecified atom stereocenters. The van der Waals surface area contributed by atoms with Gasteiger partial charge in [-0.1, -0.05) is 6.92 Å². The van der Waals surface area contributed by atoms with Crippen LogP contribution in [0, 0.1) is 13.8 Å². The van der Waals surface area contributed by atoms with Crippen molar-refractivity contribution < 1.29 is 0 Å². The van der Waals surface area contributed by atoms with Crippen LogP contribution in [-0.2, 0) is 13.6 Å². The van der Waals surface area contributed by atoms with Crippen LogP contribution in [0.2, 0.25) is 0 Å². The monoisotopic (exact) mass is 224 g/mol. The summed E-state index contributed by atoms with van der Waals surface area (Å²) in [6.45, 7) is 10.5. The molecule has 0 aliphatic carbocycles. The van der Waals surface area contributed by atoms with Gasteiger partial charge in [-0.15, -0.1) is 0 Å². The zero-order chi connectivity index (χ0) is 12.1. The van der Waals surface area contributed by atoms with E-state index in [0.29, 0.717) is 0 Å². The van der Waals surface area contributed by atoms with Gasteiger partial charge >= 0.3 is 0 Å². The van der Waals surface area contributed by atoms with Crippen LogP contribution in [0.5, 0.6) is 0 Å². The lowest BCUT2D eigenvalue weighted by Gasteiger charge is -2.14. The first-order chi connectivity index (χ1) is 7.56. The molecule has 92 valence electrons. The highest BCUT2D eigenvalue weighted by Crippen LogP contribution is 2.10. The largest absolute Gasteiger partial charge is 0.311 e. The average Bonchev–Trinajstić information content (AvgIpc) is 2.49. The molecule has 1 N–H and O–H groups in total. The molecule has 0 radical (unpaired) electrons. The van der Waals surface area contributed by atoms with Crippen LogP contribution >= 0.6 is 0 Å². The molecule has 0 saturated heterocycles. The topological polar surface area (TPSA) is 33.1 Å². The summed E-state index contributed by atoms with van der Waals surface area (Å²) < 4.78 is 1.95. The number of aryl methyl sites for hydroxylation is 2. The molecule has 0 aliphatic rings. The molecule has 0 fully saturated rings. The van der Waals surface area contributed by atoms with E-state index in [1.54, 1.807) is 0 Å². The third kappa shape index (κ3) is 3.32. The van der Waals surface area contributed by atoms with Gasteiger partial charge in [0, 0.05) is 37.9 Å². The van der Waals surface area contributed by atoms with E-state index in [2.05, 4.69) is 43.1 Å². The quantitative estimate of drug-likeness (QED) is 0.734. The maximum Gasteiger partial charge on any atom is 0.0641 e. The Kier molecular flexibility index (Phi) is 4.96. The highest BCUT2D eigenvalue weighted by Gasteiger charge is 2.08. The van der Waals surface area contributed by atoms with E-state index in [0.717, 1.165) is 31.9 Å². The molecule has 0 saturated carbocycles. The smallest absolute Gasteiger partial charge is 0.0641 e. The summed E-state index contributed by atoms with van der Waals surface area (Å²) in [5.41, 5.74) is 3.73. The average molecular weight is 224 g/mol. The Morgan fingerprint density at radius 3 is 2.56 bits per heavy atom. The van der Waals surface area contributed by atoms with Crippen molar-refractivity contribution in [1.82, 2.24) is 20.0 Å². The number of nitrogens with zero attached hydrogens (tertiary/aromatic N) is 3. The van der Waals surface area contributed by atoms with Gasteiger partial charge in [-0.25, -0.2) is 0 Å². The molecule has 0 bridgehead atoms. The van der Waals surface area contributed by atoms with Crippen molar-refractivity contribution >= 4 is 0 Å². The molecule has 1 aromatic rings. The molecule has 4 nitrogen and oxygen atoms in total. The van der Waals surface area contributed by atoms with Gasteiger partial charge in [-0.05, 0) is 27.4 Å². The molecule has 1 rings (SSSR count). The van der Waals surface area contributed by atoms with E-state index in [-0.39, 0.29) is 0 Å². The Morgan fingerprint density at radius 2 is 2.06 bits per heavy atom. The molecular weight excluding hydrogens is 200 g/mol. The van der Waals surface area contributed by atoms with Crippen molar-refractivity contribution in [3.63, 3.8) is 0 Å². The summed E-state index contributed by atoms with van der Waals surface area (Å²) in [6, 6.07) is 0. The van der Waals surface area contributed by atoms with Gasteiger partial charge in [0.25, 0.3) is 0 Å². The predicted molar refractivity (Wildman–Crippen MR) is 67.6 cm³/mol. The third-order valence-electron chi connectivity index (χ3n) is 3.17. The van der Waals surface area contributed by atoms with Crippen LogP contribution in [0.25, 0.3) is 0 Å². The first kappa shape index (κ1) is 13.2. The maximum atomic E-state index is 4.41. The van der Waals surface area contributed by atoms with E-state index < -0.39 is 0 Å². The Bertz CT molecular complexity index is 330. The Morgan fingerprint density at radius 1 is 1.38 bits per heavy atom. The van der Waals surface area contributed by atoms with Crippen LogP contribution in [0.15, 0.2) is 0 Å². The standard InChI is InChI=1S/C12H24N4/c1-6-15(4)8-7-13-9-12-10(2)14-16(5)11(12)3/h13H,6-9H2,1-5H3.